The monoisotopic (exact) mass is 351 g/mol. The van der Waals surface area contributed by atoms with Gasteiger partial charge in [0.1, 0.15) is 10.9 Å². The zero-order chi connectivity index (χ0) is 16.2. The number of halogens is 2. The summed E-state index contributed by atoms with van der Waals surface area (Å²) in [4.78, 5) is 8.13. The van der Waals surface area contributed by atoms with Crippen LogP contribution in [0.15, 0.2) is 24.3 Å². The highest BCUT2D eigenvalue weighted by Gasteiger charge is 2.16. The Hall–Kier alpha value is -1.52. The van der Waals surface area contributed by atoms with Gasteiger partial charge in [0, 0.05) is 16.7 Å². The van der Waals surface area contributed by atoms with Crippen LogP contribution in [0.1, 0.15) is 32.1 Å². The summed E-state index contributed by atoms with van der Waals surface area (Å²) in [6.07, 6.45) is 6.38. The van der Waals surface area contributed by atoms with Gasteiger partial charge in [0.2, 0.25) is 5.95 Å². The van der Waals surface area contributed by atoms with Crippen molar-refractivity contribution in [3.05, 3.63) is 34.4 Å². The van der Waals surface area contributed by atoms with Crippen molar-refractivity contribution in [3.8, 4) is 17.0 Å². The Morgan fingerprint density at radius 1 is 1.09 bits per heavy atom. The molecule has 0 atom stereocenters. The molecule has 6 heteroatoms. The quantitative estimate of drug-likeness (QED) is 0.788. The summed E-state index contributed by atoms with van der Waals surface area (Å²) >= 11 is 12.1. The van der Waals surface area contributed by atoms with E-state index in [1.165, 1.54) is 32.1 Å². The molecule has 1 aliphatic rings. The molecular formula is C17H19Cl2N3O. The minimum Gasteiger partial charge on any atom is -0.493 e. The maximum absolute atomic E-state index is 6.13. The van der Waals surface area contributed by atoms with Crippen LogP contribution >= 0.6 is 23.2 Å². The van der Waals surface area contributed by atoms with Crippen LogP contribution in [0.5, 0.6) is 5.75 Å². The number of hydrogen-bond acceptors (Lipinski definition) is 4. The molecule has 0 radical (unpaired) electrons. The van der Waals surface area contributed by atoms with E-state index in [4.69, 9.17) is 33.7 Å². The van der Waals surface area contributed by atoms with Crippen LogP contribution in [0.25, 0.3) is 11.3 Å². The number of benzene rings is 1. The van der Waals surface area contributed by atoms with E-state index >= 15 is 0 Å². The summed E-state index contributed by atoms with van der Waals surface area (Å²) < 4.78 is 6.06. The number of hydrogen-bond donors (Lipinski definition) is 1. The first kappa shape index (κ1) is 16.3. The first-order chi connectivity index (χ1) is 11.1. The van der Waals surface area contributed by atoms with Crippen LogP contribution in [-0.2, 0) is 0 Å². The van der Waals surface area contributed by atoms with Crippen LogP contribution < -0.4 is 10.5 Å². The van der Waals surface area contributed by atoms with Crippen LogP contribution in [0.2, 0.25) is 10.2 Å². The fourth-order valence-corrected chi connectivity index (χ4v) is 3.32. The lowest BCUT2D eigenvalue weighted by molar-refractivity contribution is 0.209. The summed E-state index contributed by atoms with van der Waals surface area (Å²) in [6, 6.07) is 7.16. The Bertz CT molecular complexity index is 667. The minimum atomic E-state index is 0.130. The molecule has 0 saturated heterocycles. The highest BCUT2D eigenvalue weighted by molar-refractivity contribution is 6.31. The maximum atomic E-state index is 6.13. The average molecular weight is 352 g/mol. The number of nitrogen functional groups attached to an aromatic ring is 1. The molecule has 0 spiro atoms. The second kappa shape index (κ2) is 7.37. The van der Waals surface area contributed by atoms with Crippen molar-refractivity contribution in [1.82, 2.24) is 9.97 Å². The first-order valence-electron chi connectivity index (χ1n) is 7.84. The topological polar surface area (TPSA) is 61.0 Å². The Balaban J connectivity index is 1.85. The van der Waals surface area contributed by atoms with E-state index in [-0.39, 0.29) is 5.95 Å². The van der Waals surface area contributed by atoms with Gasteiger partial charge in [0.25, 0.3) is 0 Å². The summed E-state index contributed by atoms with van der Waals surface area (Å²) in [5, 5.41) is 0.907. The van der Waals surface area contributed by atoms with Crippen LogP contribution in [-0.4, -0.2) is 16.6 Å². The largest absolute Gasteiger partial charge is 0.493 e. The lowest BCUT2D eigenvalue weighted by Gasteiger charge is -2.22. The molecule has 1 aromatic carbocycles. The van der Waals surface area contributed by atoms with E-state index in [0.29, 0.717) is 28.4 Å². The number of aromatic nitrogens is 2. The third kappa shape index (κ3) is 4.27. The molecule has 1 aromatic heterocycles. The normalized spacial score (nSPS) is 15.6. The van der Waals surface area contributed by atoms with Gasteiger partial charge in [-0.05, 0) is 37.0 Å². The third-order valence-corrected chi connectivity index (χ3v) is 4.56. The van der Waals surface area contributed by atoms with Gasteiger partial charge >= 0.3 is 0 Å². The van der Waals surface area contributed by atoms with E-state index in [9.17, 15) is 0 Å². The Morgan fingerprint density at radius 3 is 2.61 bits per heavy atom. The smallest absolute Gasteiger partial charge is 0.221 e. The van der Waals surface area contributed by atoms with Crippen molar-refractivity contribution in [1.29, 1.82) is 0 Å². The van der Waals surface area contributed by atoms with Crippen LogP contribution in [0, 0.1) is 5.92 Å². The zero-order valence-corrected chi connectivity index (χ0v) is 14.3. The molecule has 1 heterocycles. The Labute approximate surface area is 146 Å². The van der Waals surface area contributed by atoms with Crippen LogP contribution in [0.4, 0.5) is 5.95 Å². The number of ether oxygens (including phenoxy) is 1. The molecule has 1 saturated carbocycles. The standard InChI is InChI=1S/C17H19Cl2N3O/c18-12-6-7-15(23-10-11-4-2-1-3-5-11)13(8-12)14-9-16(19)22-17(20)21-14/h6-9,11H,1-5,10H2,(H2,20,21,22). The lowest BCUT2D eigenvalue weighted by Crippen LogP contribution is -2.15. The van der Waals surface area contributed by atoms with E-state index in [0.717, 1.165) is 11.3 Å². The van der Waals surface area contributed by atoms with E-state index < -0.39 is 0 Å². The lowest BCUT2D eigenvalue weighted by atomic mass is 9.90. The number of anilines is 1. The molecule has 2 aromatic rings. The highest BCUT2D eigenvalue weighted by Crippen LogP contribution is 2.34. The predicted octanol–water partition coefficient (Wildman–Crippen LogP) is 4.99. The molecule has 0 aliphatic heterocycles. The van der Waals surface area contributed by atoms with Gasteiger partial charge in [0.15, 0.2) is 0 Å². The van der Waals surface area contributed by atoms with E-state index in [2.05, 4.69) is 9.97 Å². The van der Waals surface area contributed by atoms with E-state index in [1.807, 2.05) is 18.2 Å². The molecular weight excluding hydrogens is 333 g/mol. The molecule has 23 heavy (non-hydrogen) atoms. The highest BCUT2D eigenvalue weighted by atomic mass is 35.5. The Kier molecular flexibility index (Phi) is 5.23. The van der Waals surface area contributed by atoms with Gasteiger partial charge in [-0.2, -0.15) is 0 Å². The van der Waals surface area contributed by atoms with E-state index in [1.54, 1.807) is 6.07 Å². The molecule has 3 rings (SSSR count). The molecule has 122 valence electrons. The average Bonchev–Trinajstić information content (AvgIpc) is 2.54. The SMILES string of the molecule is Nc1nc(Cl)cc(-c2cc(Cl)ccc2OCC2CCCCC2)n1. The summed E-state index contributed by atoms with van der Waals surface area (Å²) in [5.74, 6) is 1.49. The first-order valence-corrected chi connectivity index (χ1v) is 8.60. The molecule has 1 aliphatic carbocycles. The van der Waals surface area contributed by atoms with Gasteiger partial charge in [-0.3, -0.25) is 0 Å². The zero-order valence-electron chi connectivity index (χ0n) is 12.8. The van der Waals surface area contributed by atoms with Crippen molar-refractivity contribution < 1.29 is 4.74 Å². The van der Waals surface area contributed by atoms with Crippen molar-refractivity contribution >= 4 is 29.2 Å². The molecule has 1 fully saturated rings. The summed E-state index contributed by atoms with van der Waals surface area (Å²) in [5.41, 5.74) is 7.09. The summed E-state index contributed by atoms with van der Waals surface area (Å²) in [7, 11) is 0. The van der Waals surface area contributed by atoms with Gasteiger partial charge in [-0.15, -0.1) is 0 Å². The van der Waals surface area contributed by atoms with Crippen molar-refractivity contribution in [2.24, 2.45) is 5.92 Å². The second-order valence-electron chi connectivity index (χ2n) is 5.89. The van der Waals surface area contributed by atoms with Gasteiger partial charge in [-0.1, -0.05) is 42.5 Å². The van der Waals surface area contributed by atoms with Gasteiger partial charge < -0.3 is 10.5 Å². The summed E-state index contributed by atoms with van der Waals surface area (Å²) in [6.45, 7) is 0.711. The molecule has 4 nitrogen and oxygen atoms in total. The molecule has 0 amide bonds. The van der Waals surface area contributed by atoms with Crippen molar-refractivity contribution in [3.63, 3.8) is 0 Å². The number of rotatable bonds is 4. The fourth-order valence-electron chi connectivity index (χ4n) is 2.96. The number of nitrogens with two attached hydrogens (primary N) is 1. The molecule has 0 unspecified atom stereocenters. The predicted molar refractivity (Wildman–Crippen MR) is 94.0 cm³/mol. The second-order valence-corrected chi connectivity index (χ2v) is 6.71. The fraction of sp³-hybridized carbons (Fsp3) is 0.412. The minimum absolute atomic E-state index is 0.130. The van der Waals surface area contributed by atoms with Gasteiger partial charge in [-0.25, -0.2) is 9.97 Å². The van der Waals surface area contributed by atoms with Gasteiger partial charge in [0.05, 0.1) is 12.3 Å². The number of nitrogens with zero attached hydrogens (tertiary/aromatic N) is 2. The Morgan fingerprint density at radius 2 is 1.87 bits per heavy atom. The maximum Gasteiger partial charge on any atom is 0.221 e. The van der Waals surface area contributed by atoms with Crippen molar-refractivity contribution in [2.75, 3.05) is 12.3 Å². The molecule has 0 bridgehead atoms. The van der Waals surface area contributed by atoms with Crippen molar-refractivity contribution in [2.45, 2.75) is 32.1 Å². The van der Waals surface area contributed by atoms with Crippen LogP contribution in [0.3, 0.4) is 0 Å². The third-order valence-electron chi connectivity index (χ3n) is 4.13. The molecule has 2 N–H and O–H groups in total.